The maximum absolute atomic E-state index is 12.3. The predicted molar refractivity (Wildman–Crippen MR) is 126 cm³/mol. The lowest BCUT2D eigenvalue weighted by Crippen LogP contribution is -2.36. The molecule has 7 nitrogen and oxygen atoms in total. The van der Waals surface area contributed by atoms with Crippen molar-refractivity contribution in [3.05, 3.63) is 59.7 Å². The van der Waals surface area contributed by atoms with E-state index in [9.17, 15) is 13.2 Å². The van der Waals surface area contributed by atoms with E-state index in [-0.39, 0.29) is 29.2 Å². The number of hydrogen-bond donors (Lipinski definition) is 1. The molecule has 0 aliphatic carbocycles. The number of rotatable bonds is 6. The van der Waals surface area contributed by atoms with Crippen LogP contribution < -0.4 is 5.32 Å². The molecule has 32 heavy (non-hydrogen) atoms. The summed E-state index contributed by atoms with van der Waals surface area (Å²) >= 11 is 1.18. The molecule has 0 unspecified atom stereocenters. The number of nitrogens with one attached hydrogen (secondary N) is 1. The standard InChI is InChI=1S/C23H24N4O3S2/c1-15-3-7-17(8-4-15)21-22(18-9-5-16(2)6-10-18)26-27-23(25-21)31-13-20(28)24-19-11-12-32(29,30)14-19/h3-10,19H,11-14H2,1-2H3,(H,24,28)/t19-/m1/s1. The number of nitrogens with zero attached hydrogens (tertiary/aromatic N) is 3. The first-order valence-corrected chi connectivity index (χ1v) is 13.1. The van der Waals surface area contributed by atoms with Gasteiger partial charge in [0.15, 0.2) is 9.84 Å². The van der Waals surface area contributed by atoms with Crippen LogP contribution in [0.4, 0.5) is 0 Å². The minimum absolute atomic E-state index is 0.00425. The highest BCUT2D eigenvalue weighted by molar-refractivity contribution is 7.99. The molecular formula is C23H24N4O3S2. The lowest BCUT2D eigenvalue weighted by atomic mass is 10.0. The van der Waals surface area contributed by atoms with Gasteiger partial charge in [-0.05, 0) is 20.3 Å². The first kappa shape index (κ1) is 22.4. The van der Waals surface area contributed by atoms with Crippen molar-refractivity contribution < 1.29 is 13.2 Å². The highest BCUT2D eigenvalue weighted by Gasteiger charge is 2.28. The van der Waals surface area contributed by atoms with E-state index >= 15 is 0 Å². The van der Waals surface area contributed by atoms with E-state index in [1.807, 2.05) is 62.4 Å². The van der Waals surface area contributed by atoms with E-state index in [2.05, 4.69) is 15.5 Å². The van der Waals surface area contributed by atoms with Crippen molar-refractivity contribution >= 4 is 27.5 Å². The molecule has 1 atom stereocenters. The molecule has 0 bridgehead atoms. The number of sulfone groups is 1. The van der Waals surface area contributed by atoms with Gasteiger partial charge in [0.05, 0.1) is 17.3 Å². The molecule has 0 radical (unpaired) electrons. The van der Waals surface area contributed by atoms with Crippen LogP contribution in [0.3, 0.4) is 0 Å². The molecule has 0 spiro atoms. The number of amides is 1. The highest BCUT2D eigenvalue weighted by atomic mass is 32.2. The van der Waals surface area contributed by atoms with Crippen LogP contribution in [0.15, 0.2) is 53.7 Å². The average molecular weight is 469 g/mol. The van der Waals surface area contributed by atoms with E-state index in [4.69, 9.17) is 4.98 Å². The first-order chi connectivity index (χ1) is 15.3. The summed E-state index contributed by atoms with van der Waals surface area (Å²) in [4.78, 5) is 17.0. The van der Waals surface area contributed by atoms with E-state index in [1.54, 1.807) is 0 Å². The monoisotopic (exact) mass is 468 g/mol. The summed E-state index contributed by atoms with van der Waals surface area (Å²) in [6.07, 6.45) is 0.458. The van der Waals surface area contributed by atoms with Crippen molar-refractivity contribution in [1.29, 1.82) is 0 Å². The van der Waals surface area contributed by atoms with Gasteiger partial charge >= 0.3 is 0 Å². The largest absolute Gasteiger partial charge is 0.352 e. The van der Waals surface area contributed by atoms with Crippen LogP contribution in [0.25, 0.3) is 22.5 Å². The van der Waals surface area contributed by atoms with Crippen LogP contribution in [0, 0.1) is 13.8 Å². The summed E-state index contributed by atoms with van der Waals surface area (Å²) < 4.78 is 23.2. The van der Waals surface area contributed by atoms with E-state index in [0.717, 1.165) is 22.3 Å². The van der Waals surface area contributed by atoms with Crippen molar-refractivity contribution in [2.75, 3.05) is 17.3 Å². The van der Waals surface area contributed by atoms with E-state index < -0.39 is 9.84 Å². The molecule has 9 heteroatoms. The maximum Gasteiger partial charge on any atom is 0.230 e. The van der Waals surface area contributed by atoms with Crippen LogP contribution in [-0.4, -0.2) is 52.8 Å². The van der Waals surface area contributed by atoms with Gasteiger partial charge in [-0.1, -0.05) is 71.4 Å². The Morgan fingerprint density at radius 2 is 1.56 bits per heavy atom. The van der Waals surface area contributed by atoms with Crippen LogP contribution in [0.1, 0.15) is 17.5 Å². The van der Waals surface area contributed by atoms with Crippen LogP contribution in [-0.2, 0) is 14.6 Å². The third-order valence-electron chi connectivity index (χ3n) is 5.25. The molecular weight excluding hydrogens is 444 g/mol. The SMILES string of the molecule is Cc1ccc(-c2nnc(SCC(=O)N[C@@H]3CCS(=O)(=O)C3)nc2-c2ccc(C)cc2)cc1. The second-order valence-electron chi connectivity index (χ2n) is 7.98. The molecule has 1 N–H and O–H groups in total. The number of hydrogen-bond acceptors (Lipinski definition) is 7. The van der Waals surface area contributed by atoms with Gasteiger partial charge in [0, 0.05) is 17.2 Å². The fourth-order valence-electron chi connectivity index (χ4n) is 3.50. The van der Waals surface area contributed by atoms with Crippen molar-refractivity contribution in [2.45, 2.75) is 31.5 Å². The number of benzene rings is 2. The first-order valence-electron chi connectivity index (χ1n) is 10.3. The molecule has 1 aromatic heterocycles. The Hall–Kier alpha value is -2.78. The zero-order valence-electron chi connectivity index (χ0n) is 17.9. The normalized spacial score (nSPS) is 17.2. The number of aryl methyl sites for hydroxylation is 2. The highest BCUT2D eigenvalue weighted by Crippen LogP contribution is 2.30. The summed E-state index contributed by atoms with van der Waals surface area (Å²) in [5.74, 6) is -0.0155. The molecule has 1 saturated heterocycles. The second kappa shape index (κ2) is 9.38. The fourth-order valence-corrected chi connectivity index (χ4v) is 5.77. The molecule has 4 rings (SSSR count). The van der Waals surface area contributed by atoms with Gasteiger partial charge in [0.2, 0.25) is 11.1 Å². The zero-order chi connectivity index (χ0) is 22.7. The van der Waals surface area contributed by atoms with Crippen molar-refractivity contribution in [3.63, 3.8) is 0 Å². The zero-order valence-corrected chi connectivity index (χ0v) is 19.5. The van der Waals surface area contributed by atoms with Gasteiger partial charge in [0.1, 0.15) is 11.4 Å². The van der Waals surface area contributed by atoms with Crippen molar-refractivity contribution in [2.24, 2.45) is 0 Å². The molecule has 166 valence electrons. The van der Waals surface area contributed by atoms with Crippen molar-refractivity contribution in [3.8, 4) is 22.5 Å². The van der Waals surface area contributed by atoms with Gasteiger partial charge in [0.25, 0.3) is 0 Å². The Morgan fingerprint density at radius 1 is 0.969 bits per heavy atom. The third-order valence-corrected chi connectivity index (χ3v) is 7.85. The number of carbonyl (C=O) groups is 1. The minimum atomic E-state index is -3.04. The predicted octanol–water partition coefficient (Wildman–Crippen LogP) is 3.22. The Morgan fingerprint density at radius 3 is 2.12 bits per heavy atom. The van der Waals surface area contributed by atoms with Crippen LogP contribution in [0.5, 0.6) is 0 Å². The van der Waals surface area contributed by atoms with Gasteiger partial charge in [-0.3, -0.25) is 4.79 Å². The summed E-state index contributed by atoms with van der Waals surface area (Å²) in [7, 11) is -3.04. The minimum Gasteiger partial charge on any atom is -0.352 e. The Bertz CT molecular complexity index is 1230. The molecule has 1 amide bonds. The topological polar surface area (TPSA) is 102 Å². The van der Waals surface area contributed by atoms with Gasteiger partial charge in [-0.25, -0.2) is 13.4 Å². The quantitative estimate of drug-likeness (QED) is 0.554. The summed E-state index contributed by atoms with van der Waals surface area (Å²) in [5, 5.41) is 11.8. The Kier molecular flexibility index (Phi) is 6.57. The summed E-state index contributed by atoms with van der Waals surface area (Å²) in [6.45, 7) is 4.05. The molecule has 0 saturated carbocycles. The molecule has 2 heterocycles. The third kappa shape index (κ3) is 5.52. The number of aromatic nitrogens is 3. The molecule has 1 aliphatic rings. The molecule has 1 aliphatic heterocycles. The van der Waals surface area contributed by atoms with Gasteiger partial charge < -0.3 is 5.32 Å². The lowest BCUT2D eigenvalue weighted by Gasteiger charge is -2.11. The lowest BCUT2D eigenvalue weighted by molar-refractivity contribution is -0.119. The van der Waals surface area contributed by atoms with Crippen LogP contribution >= 0.6 is 11.8 Å². The number of thioether (sulfide) groups is 1. The van der Waals surface area contributed by atoms with Gasteiger partial charge in [-0.15, -0.1) is 10.2 Å². The van der Waals surface area contributed by atoms with Crippen LogP contribution in [0.2, 0.25) is 0 Å². The van der Waals surface area contributed by atoms with E-state index in [0.29, 0.717) is 23.0 Å². The van der Waals surface area contributed by atoms with Crippen molar-refractivity contribution in [1.82, 2.24) is 20.5 Å². The maximum atomic E-state index is 12.3. The molecule has 2 aromatic carbocycles. The Labute approximate surface area is 192 Å². The molecule has 1 fully saturated rings. The fraction of sp³-hybridized carbons (Fsp3) is 0.304. The van der Waals surface area contributed by atoms with Gasteiger partial charge in [-0.2, -0.15) is 0 Å². The Balaban J connectivity index is 1.54. The average Bonchev–Trinajstić information content (AvgIpc) is 3.11. The number of carbonyl (C=O) groups excluding carboxylic acids is 1. The van der Waals surface area contributed by atoms with E-state index in [1.165, 1.54) is 11.8 Å². The smallest absolute Gasteiger partial charge is 0.230 e. The summed E-state index contributed by atoms with van der Waals surface area (Å²) in [6, 6.07) is 15.7. The second-order valence-corrected chi connectivity index (χ2v) is 11.2. The molecule has 3 aromatic rings. The summed E-state index contributed by atoms with van der Waals surface area (Å²) in [5.41, 5.74) is 5.52.